The standard InChI is InChI=1S/C11H16N2P2/c1-7-12-6-14-11-10(15-7)8-4-2-3-5-9(8)13-11/h2-5,7,10-15H,6H2,1H3/t7?,10-,11-/m0/s1. The molecule has 4 heteroatoms. The van der Waals surface area contributed by atoms with Crippen LogP contribution in [0.25, 0.3) is 0 Å². The van der Waals surface area contributed by atoms with Gasteiger partial charge in [-0.1, -0.05) is 35.4 Å². The summed E-state index contributed by atoms with van der Waals surface area (Å²) in [5.74, 6) is 1.37. The van der Waals surface area contributed by atoms with Crippen LogP contribution in [0.2, 0.25) is 0 Å². The fourth-order valence-corrected chi connectivity index (χ4v) is 5.96. The van der Waals surface area contributed by atoms with E-state index in [2.05, 4.69) is 41.8 Å². The van der Waals surface area contributed by atoms with Crippen LogP contribution >= 0.6 is 17.2 Å². The lowest BCUT2D eigenvalue weighted by Gasteiger charge is -2.17. The normalized spacial score (nSPS) is 37.0. The Hall–Kier alpha value is -0.160. The number of para-hydroxylation sites is 1. The second kappa shape index (κ2) is 4.01. The van der Waals surface area contributed by atoms with Crippen LogP contribution in [-0.2, 0) is 0 Å². The molecule has 0 spiro atoms. The largest absolute Gasteiger partial charge is 0.377 e. The molecule has 2 aliphatic rings. The number of rotatable bonds is 0. The third-order valence-corrected chi connectivity index (χ3v) is 6.47. The van der Waals surface area contributed by atoms with E-state index in [0.717, 1.165) is 22.8 Å². The van der Waals surface area contributed by atoms with E-state index in [1.165, 1.54) is 12.0 Å². The Morgan fingerprint density at radius 1 is 1.33 bits per heavy atom. The Balaban J connectivity index is 1.95. The first-order chi connectivity index (χ1) is 7.34. The molecule has 2 heterocycles. The summed E-state index contributed by atoms with van der Waals surface area (Å²) in [5, 5.41) is 7.26. The number of benzene rings is 1. The van der Waals surface area contributed by atoms with Crippen LogP contribution < -0.4 is 10.6 Å². The molecule has 5 atom stereocenters. The average Bonchev–Trinajstić information content (AvgIpc) is 2.47. The van der Waals surface area contributed by atoms with Crippen molar-refractivity contribution in [3.05, 3.63) is 29.8 Å². The second-order valence-electron chi connectivity index (χ2n) is 4.16. The van der Waals surface area contributed by atoms with Crippen molar-refractivity contribution in [3.63, 3.8) is 0 Å². The molecule has 2 aliphatic heterocycles. The van der Waals surface area contributed by atoms with Crippen LogP contribution in [0.1, 0.15) is 18.1 Å². The van der Waals surface area contributed by atoms with Crippen molar-refractivity contribution in [2.45, 2.75) is 24.1 Å². The highest BCUT2D eigenvalue weighted by Crippen LogP contribution is 2.54. The molecule has 0 aromatic heterocycles. The third kappa shape index (κ3) is 1.80. The number of nitrogens with one attached hydrogen (secondary N) is 2. The maximum absolute atomic E-state index is 3.68. The molecular formula is C11H16N2P2. The predicted molar refractivity (Wildman–Crippen MR) is 70.7 cm³/mol. The molecule has 0 amide bonds. The van der Waals surface area contributed by atoms with Crippen LogP contribution in [0.4, 0.5) is 5.69 Å². The Morgan fingerprint density at radius 3 is 3.13 bits per heavy atom. The lowest BCUT2D eigenvalue weighted by Crippen LogP contribution is -2.19. The van der Waals surface area contributed by atoms with Gasteiger partial charge in [-0.25, -0.2) is 0 Å². The van der Waals surface area contributed by atoms with E-state index in [1.807, 2.05) is 0 Å². The van der Waals surface area contributed by atoms with E-state index in [1.54, 1.807) is 5.56 Å². The summed E-state index contributed by atoms with van der Waals surface area (Å²) in [4.78, 5) is 0. The fraction of sp³-hybridized carbons (Fsp3) is 0.455. The molecule has 2 N–H and O–H groups in total. The van der Waals surface area contributed by atoms with Gasteiger partial charge in [-0.05, 0) is 18.6 Å². The predicted octanol–water partition coefficient (Wildman–Crippen LogP) is 2.74. The summed E-state index contributed by atoms with van der Waals surface area (Å²) in [6, 6.07) is 8.81. The molecule has 1 fully saturated rings. The molecule has 3 rings (SSSR count). The zero-order chi connectivity index (χ0) is 10.3. The fourth-order valence-electron chi connectivity index (χ4n) is 2.34. The lowest BCUT2D eigenvalue weighted by atomic mass is 10.2. The van der Waals surface area contributed by atoms with Crippen molar-refractivity contribution in [2.24, 2.45) is 0 Å². The number of fused-ring (bicyclic) bond motifs is 3. The van der Waals surface area contributed by atoms with Gasteiger partial charge in [-0.2, -0.15) is 0 Å². The second-order valence-corrected chi connectivity index (χ2v) is 7.37. The zero-order valence-corrected chi connectivity index (χ0v) is 10.7. The molecule has 2 nitrogen and oxygen atoms in total. The Bertz CT molecular complexity index is 369. The minimum absolute atomic E-state index is 0.681. The molecule has 1 aromatic carbocycles. The number of hydrogen-bond acceptors (Lipinski definition) is 2. The van der Waals surface area contributed by atoms with Crippen molar-refractivity contribution < 1.29 is 0 Å². The molecule has 0 bridgehead atoms. The maximum Gasteiger partial charge on any atom is 0.0549 e. The van der Waals surface area contributed by atoms with Crippen molar-refractivity contribution >= 4 is 22.8 Å². The lowest BCUT2D eigenvalue weighted by molar-refractivity contribution is 0.779. The van der Waals surface area contributed by atoms with Crippen LogP contribution in [0.15, 0.2) is 24.3 Å². The van der Waals surface area contributed by atoms with Crippen LogP contribution in [-0.4, -0.2) is 17.9 Å². The number of hydrogen-bond donors (Lipinski definition) is 2. The summed E-state index contributed by atoms with van der Waals surface area (Å²) in [5.41, 5.74) is 3.68. The van der Waals surface area contributed by atoms with Gasteiger partial charge in [0.1, 0.15) is 0 Å². The van der Waals surface area contributed by atoms with Gasteiger partial charge in [-0.3, -0.25) is 0 Å². The zero-order valence-electron chi connectivity index (χ0n) is 8.75. The molecule has 80 valence electrons. The monoisotopic (exact) mass is 238 g/mol. The Kier molecular flexibility index (Phi) is 2.68. The van der Waals surface area contributed by atoms with Gasteiger partial charge < -0.3 is 10.6 Å². The number of anilines is 1. The average molecular weight is 238 g/mol. The quantitative estimate of drug-likeness (QED) is 0.679. The molecule has 1 saturated heterocycles. The van der Waals surface area contributed by atoms with Crippen molar-refractivity contribution in [2.75, 3.05) is 11.6 Å². The van der Waals surface area contributed by atoms with Gasteiger partial charge >= 0.3 is 0 Å². The van der Waals surface area contributed by atoms with E-state index >= 15 is 0 Å². The molecule has 15 heavy (non-hydrogen) atoms. The highest BCUT2D eigenvalue weighted by Gasteiger charge is 2.34. The van der Waals surface area contributed by atoms with E-state index in [4.69, 9.17) is 0 Å². The first kappa shape index (κ1) is 10.0. The van der Waals surface area contributed by atoms with Crippen molar-refractivity contribution in [1.29, 1.82) is 0 Å². The van der Waals surface area contributed by atoms with Gasteiger partial charge in [0.25, 0.3) is 0 Å². The smallest absolute Gasteiger partial charge is 0.0549 e. The Labute approximate surface area is 94.2 Å². The highest BCUT2D eigenvalue weighted by atomic mass is 31.1. The first-order valence-corrected chi connectivity index (χ1v) is 7.87. The third-order valence-electron chi connectivity index (χ3n) is 3.10. The molecule has 1 aromatic rings. The van der Waals surface area contributed by atoms with E-state index in [0.29, 0.717) is 11.6 Å². The van der Waals surface area contributed by atoms with Crippen molar-refractivity contribution in [3.8, 4) is 0 Å². The highest BCUT2D eigenvalue weighted by molar-refractivity contribution is 7.45. The van der Waals surface area contributed by atoms with Crippen LogP contribution in [0.5, 0.6) is 0 Å². The van der Waals surface area contributed by atoms with Gasteiger partial charge in [-0.15, -0.1) is 0 Å². The first-order valence-electron chi connectivity index (χ1n) is 5.43. The Morgan fingerprint density at radius 2 is 2.20 bits per heavy atom. The van der Waals surface area contributed by atoms with Crippen LogP contribution in [0.3, 0.4) is 0 Å². The van der Waals surface area contributed by atoms with Crippen LogP contribution in [0, 0.1) is 0 Å². The molecule has 0 radical (unpaired) electrons. The van der Waals surface area contributed by atoms with Gasteiger partial charge in [0.2, 0.25) is 0 Å². The van der Waals surface area contributed by atoms with E-state index < -0.39 is 0 Å². The summed E-state index contributed by atoms with van der Waals surface area (Å²) in [6.45, 7) is 2.31. The summed E-state index contributed by atoms with van der Waals surface area (Å²) in [7, 11) is 2.00. The molecule has 3 unspecified atom stereocenters. The summed E-state index contributed by atoms with van der Waals surface area (Å²) >= 11 is 0. The van der Waals surface area contributed by atoms with E-state index in [-0.39, 0.29) is 0 Å². The summed E-state index contributed by atoms with van der Waals surface area (Å²) < 4.78 is 0. The van der Waals surface area contributed by atoms with Crippen molar-refractivity contribution in [1.82, 2.24) is 5.32 Å². The SMILES string of the molecule is CC1NCP[C@@H]2Nc3ccccc3[C@@H]2P1. The minimum atomic E-state index is 0.681. The minimum Gasteiger partial charge on any atom is -0.377 e. The van der Waals surface area contributed by atoms with Gasteiger partial charge in [0, 0.05) is 23.4 Å². The molecular weight excluding hydrogens is 222 g/mol. The summed E-state index contributed by atoms with van der Waals surface area (Å²) in [6.07, 6.45) is 1.18. The van der Waals surface area contributed by atoms with Gasteiger partial charge in [0.15, 0.2) is 0 Å². The molecule has 0 saturated carbocycles. The van der Waals surface area contributed by atoms with E-state index in [9.17, 15) is 0 Å². The maximum atomic E-state index is 3.68. The topological polar surface area (TPSA) is 24.1 Å². The van der Waals surface area contributed by atoms with Gasteiger partial charge in [0.05, 0.1) is 5.78 Å². The molecule has 0 aliphatic carbocycles.